The molecule has 0 aromatic heterocycles. The van der Waals surface area contributed by atoms with E-state index in [0.29, 0.717) is 22.4 Å². The maximum Gasteiger partial charge on any atom is 0.109 e. The van der Waals surface area contributed by atoms with Gasteiger partial charge in [-0.05, 0) is 29.7 Å². The predicted octanol–water partition coefficient (Wildman–Crippen LogP) is 4.68. The fourth-order valence-electron chi connectivity index (χ4n) is 1.70. The van der Waals surface area contributed by atoms with E-state index in [2.05, 4.69) is 6.07 Å². The first-order valence-corrected chi connectivity index (χ1v) is 6.21. The van der Waals surface area contributed by atoms with E-state index in [1.165, 1.54) is 0 Å². The van der Waals surface area contributed by atoms with Crippen LogP contribution < -0.4 is 0 Å². The maximum absolute atomic E-state index is 9.23. The lowest BCUT2D eigenvalue weighted by Crippen LogP contribution is -2.01. The molecule has 2 rings (SSSR count). The van der Waals surface area contributed by atoms with Crippen LogP contribution in [-0.2, 0) is 6.42 Å². The van der Waals surface area contributed by atoms with Crippen LogP contribution >= 0.6 is 23.2 Å². The molecule has 0 bridgehead atoms. The van der Waals surface area contributed by atoms with Crippen molar-refractivity contribution in [2.75, 3.05) is 0 Å². The third-order valence-electron chi connectivity index (χ3n) is 2.64. The molecule has 0 N–H and O–H groups in total. The van der Waals surface area contributed by atoms with Crippen molar-refractivity contribution >= 4 is 23.2 Å². The van der Waals surface area contributed by atoms with Gasteiger partial charge < -0.3 is 0 Å². The SMILES string of the molecule is N#C[C](Cc1ccc(Cl)cc1Cl)c1ccccc1. The number of nitrogens with zero attached hydrogens (tertiary/aromatic N) is 1. The normalized spacial score (nSPS) is 10.3. The Morgan fingerprint density at radius 2 is 1.78 bits per heavy atom. The van der Waals surface area contributed by atoms with E-state index in [1.807, 2.05) is 36.4 Å². The van der Waals surface area contributed by atoms with Crippen molar-refractivity contribution < 1.29 is 0 Å². The van der Waals surface area contributed by atoms with Gasteiger partial charge in [-0.15, -0.1) is 0 Å². The van der Waals surface area contributed by atoms with Crippen molar-refractivity contribution in [3.05, 3.63) is 75.6 Å². The summed E-state index contributed by atoms with van der Waals surface area (Å²) in [6, 6.07) is 17.1. The van der Waals surface area contributed by atoms with Crippen LogP contribution in [0.15, 0.2) is 48.5 Å². The summed E-state index contributed by atoms with van der Waals surface area (Å²) < 4.78 is 0. The van der Waals surface area contributed by atoms with Gasteiger partial charge >= 0.3 is 0 Å². The van der Waals surface area contributed by atoms with Gasteiger partial charge in [-0.3, -0.25) is 0 Å². The maximum atomic E-state index is 9.23. The van der Waals surface area contributed by atoms with Crippen LogP contribution in [0.5, 0.6) is 0 Å². The third kappa shape index (κ3) is 3.04. The van der Waals surface area contributed by atoms with E-state index in [9.17, 15) is 5.26 Å². The zero-order valence-corrected chi connectivity index (χ0v) is 11.0. The number of halogens is 2. The minimum Gasteiger partial charge on any atom is -0.197 e. The van der Waals surface area contributed by atoms with Crippen molar-refractivity contribution in [1.82, 2.24) is 0 Å². The molecule has 0 heterocycles. The zero-order valence-electron chi connectivity index (χ0n) is 9.53. The molecule has 0 saturated heterocycles. The van der Waals surface area contributed by atoms with Gasteiger partial charge in [0.1, 0.15) is 5.92 Å². The summed E-state index contributed by atoms with van der Waals surface area (Å²) in [4.78, 5) is 0. The molecular weight excluding hydrogens is 265 g/mol. The van der Waals surface area contributed by atoms with Crippen LogP contribution in [0.1, 0.15) is 11.1 Å². The molecule has 0 unspecified atom stereocenters. The average molecular weight is 275 g/mol. The molecule has 89 valence electrons. The minimum atomic E-state index is 0.510. The fraction of sp³-hybridized carbons (Fsp3) is 0.0667. The van der Waals surface area contributed by atoms with E-state index in [-0.39, 0.29) is 0 Å². The standard InChI is InChI=1S/C15H10Cl2N/c16-14-7-6-12(15(17)9-14)8-13(10-18)11-4-2-1-3-5-11/h1-7,9H,8H2. The molecular formula is C15H10Cl2N. The summed E-state index contributed by atoms with van der Waals surface area (Å²) in [5.74, 6) is 0.694. The molecule has 0 fully saturated rings. The van der Waals surface area contributed by atoms with E-state index in [4.69, 9.17) is 23.2 Å². The summed E-state index contributed by atoms with van der Waals surface area (Å²) >= 11 is 12.0. The van der Waals surface area contributed by atoms with Gasteiger partial charge in [0.05, 0.1) is 6.07 Å². The first-order chi connectivity index (χ1) is 8.70. The van der Waals surface area contributed by atoms with E-state index < -0.39 is 0 Å². The van der Waals surface area contributed by atoms with Crippen LogP contribution in [0, 0.1) is 17.2 Å². The lowest BCUT2D eigenvalue weighted by Gasteiger charge is -2.10. The summed E-state index contributed by atoms with van der Waals surface area (Å²) in [5, 5.41) is 10.4. The molecule has 0 aliphatic heterocycles. The first-order valence-electron chi connectivity index (χ1n) is 5.46. The van der Waals surface area contributed by atoms with Crippen LogP contribution in [-0.4, -0.2) is 0 Å². The number of hydrogen-bond donors (Lipinski definition) is 0. The van der Waals surface area contributed by atoms with Crippen molar-refractivity contribution in [3.63, 3.8) is 0 Å². The topological polar surface area (TPSA) is 23.8 Å². The third-order valence-corrected chi connectivity index (χ3v) is 3.23. The molecule has 18 heavy (non-hydrogen) atoms. The van der Waals surface area contributed by atoms with E-state index in [0.717, 1.165) is 11.1 Å². The second-order valence-corrected chi connectivity index (χ2v) is 4.71. The monoisotopic (exact) mass is 274 g/mol. The van der Waals surface area contributed by atoms with Crippen molar-refractivity contribution in [3.8, 4) is 6.07 Å². The second-order valence-electron chi connectivity index (χ2n) is 3.87. The van der Waals surface area contributed by atoms with E-state index >= 15 is 0 Å². The highest BCUT2D eigenvalue weighted by molar-refractivity contribution is 6.35. The van der Waals surface area contributed by atoms with Crippen LogP contribution in [0.3, 0.4) is 0 Å². The zero-order chi connectivity index (χ0) is 13.0. The van der Waals surface area contributed by atoms with Gasteiger partial charge in [0.15, 0.2) is 0 Å². The largest absolute Gasteiger partial charge is 0.197 e. The number of benzene rings is 2. The molecule has 0 saturated carbocycles. The summed E-state index contributed by atoms with van der Waals surface area (Å²) in [6.45, 7) is 0. The Kier molecular flexibility index (Phi) is 4.25. The minimum absolute atomic E-state index is 0.510. The Bertz CT molecular complexity index is 573. The summed E-state index contributed by atoms with van der Waals surface area (Å²) in [7, 11) is 0. The highest BCUT2D eigenvalue weighted by Crippen LogP contribution is 2.26. The van der Waals surface area contributed by atoms with Crippen LogP contribution in [0.25, 0.3) is 0 Å². The van der Waals surface area contributed by atoms with Gasteiger partial charge in [-0.2, -0.15) is 5.26 Å². The number of hydrogen-bond acceptors (Lipinski definition) is 1. The molecule has 0 aliphatic carbocycles. The number of nitriles is 1. The lowest BCUT2D eigenvalue weighted by atomic mass is 9.93. The number of rotatable bonds is 3. The Morgan fingerprint density at radius 1 is 1.06 bits per heavy atom. The van der Waals surface area contributed by atoms with Crippen LogP contribution in [0.2, 0.25) is 10.0 Å². The van der Waals surface area contributed by atoms with Crippen LogP contribution in [0.4, 0.5) is 0 Å². The molecule has 0 amide bonds. The molecule has 3 heteroatoms. The van der Waals surface area contributed by atoms with Crippen molar-refractivity contribution in [2.24, 2.45) is 0 Å². The highest BCUT2D eigenvalue weighted by atomic mass is 35.5. The van der Waals surface area contributed by atoms with Gasteiger partial charge in [0.2, 0.25) is 0 Å². The highest BCUT2D eigenvalue weighted by Gasteiger charge is 2.14. The Hall–Kier alpha value is -1.49. The summed E-state index contributed by atoms with van der Waals surface area (Å²) in [6.07, 6.45) is 0.510. The van der Waals surface area contributed by atoms with Gasteiger partial charge in [-0.1, -0.05) is 59.6 Å². The van der Waals surface area contributed by atoms with Gasteiger partial charge in [0, 0.05) is 10.0 Å². The molecule has 2 aromatic carbocycles. The molecule has 0 spiro atoms. The molecule has 2 aromatic rings. The van der Waals surface area contributed by atoms with Crippen molar-refractivity contribution in [1.29, 1.82) is 5.26 Å². The van der Waals surface area contributed by atoms with Gasteiger partial charge in [-0.25, -0.2) is 0 Å². The fourth-order valence-corrected chi connectivity index (χ4v) is 2.18. The molecule has 0 atom stereocenters. The Balaban J connectivity index is 2.24. The predicted molar refractivity (Wildman–Crippen MR) is 74.6 cm³/mol. The second kappa shape index (κ2) is 5.91. The lowest BCUT2D eigenvalue weighted by molar-refractivity contribution is 1.06. The van der Waals surface area contributed by atoms with E-state index in [1.54, 1.807) is 12.1 Å². The Labute approximate surface area is 117 Å². The summed E-state index contributed by atoms with van der Waals surface area (Å²) in [5.41, 5.74) is 1.83. The molecule has 1 nitrogen and oxygen atoms in total. The molecule has 0 aliphatic rings. The average Bonchev–Trinajstić information content (AvgIpc) is 2.39. The quantitative estimate of drug-likeness (QED) is 0.797. The van der Waals surface area contributed by atoms with Gasteiger partial charge in [0.25, 0.3) is 0 Å². The Morgan fingerprint density at radius 3 is 2.39 bits per heavy atom. The first kappa shape index (κ1) is 13.0. The molecule has 1 radical (unpaired) electrons. The smallest absolute Gasteiger partial charge is 0.109 e. The van der Waals surface area contributed by atoms with Crippen molar-refractivity contribution in [2.45, 2.75) is 6.42 Å².